The minimum atomic E-state index is -0.328. The van der Waals surface area contributed by atoms with Gasteiger partial charge in [-0.2, -0.15) is 0 Å². The number of amides is 2. The van der Waals surface area contributed by atoms with Gasteiger partial charge in [0.15, 0.2) is 5.76 Å². The molecule has 1 fully saturated rings. The Morgan fingerprint density at radius 1 is 1.50 bits per heavy atom. The summed E-state index contributed by atoms with van der Waals surface area (Å²) in [5, 5.41) is 12.4. The Morgan fingerprint density at radius 2 is 2.30 bits per heavy atom. The van der Waals surface area contributed by atoms with Gasteiger partial charge in [0.2, 0.25) is 5.91 Å². The molecule has 1 aliphatic rings. The van der Waals surface area contributed by atoms with Gasteiger partial charge in [0.1, 0.15) is 0 Å². The number of carbonyl (C=O) groups excluding carboxylic acids is 2. The summed E-state index contributed by atoms with van der Waals surface area (Å²) >= 11 is 0. The van der Waals surface area contributed by atoms with Crippen LogP contribution in [0, 0.1) is 5.92 Å². The van der Waals surface area contributed by atoms with E-state index in [9.17, 15) is 14.7 Å². The van der Waals surface area contributed by atoms with E-state index < -0.39 is 0 Å². The molecule has 2 unspecified atom stereocenters. The molecule has 1 aliphatic carbocycles. The van der Waals surface area contributed by atoms with Crippen molar-refractivity contribution in [2.45, 2.75) is 25.4 Å². The summed E-state index contributed by atoms with van der Waals surface area (Å²) in [4.78, 5) is 24.9. The zero-order valence-corrected chi connectivity index (χ0v) is 11.5. The lowest BCUT2D eigenvalue weighted by molar-refractivity contribution is -0.121. The number of carbonyl (C=O) groups is 2. The molecule has 0 aliphatic heterocycles. The maximum Gasteiger partial charge on any atom is 0.289 e. The van der Waals surface area contributed by atoms with Gasteiger partial charge < -0.3 is 19.7 Å². The highest BCUT2D eigenvalue weighted by Gasteiger charge is 2.25. The van der Waals surface area contributed by atoms with Gasteiger partial charge in [-0.15, -0.1) is 0 Å². The van der Waals surface area contributed by atoms with E-state index in [2.05, 4.69) is 5.32 Å². The molecule has 2 N–H and O–H groups in total. The third-order valence-electron chi connectivity index (χ3n) is 3.64. The van der Waals surface area contributed by atoms with Crippen LogP contribution in [-0.2, 0) is 4.79 Å². The summed E-state index contributed by atoms with van der Waals surface area (Å²) in [5.41, 5.74) is 0. The number of furan rings is 1. The maximum atomic E-state index is 11.9. The van der Waals surface area contributed by atoms with Gasteiger partial charge in [0, 0.05) is 19.5 Å². The van der Waals surface area contributed by atoms with Gasteiger partial charge in [-0.25, -0.2) is 0 Å². The maximum absolute atomic E-state index is 11.9. The van der Waals surface area contributed by atoms with Crippen molar-refractivity contribution in [1.82, 2.24) is 10.2 Å². The van der Waals surface area contributed by atoms with E-state index in [1.165, 1.54) is 11.2 Å². The Bertz CT molecular complexity index is 458. The molecule has 0 bridgehead atoms. The fourth-order valence-electron chi connectivity index (χ4n) is 2.43. The van der Waals surface area contributed by atoms with Gasteiger partial charge in [-0.05, 0) is 25.0 Å². The number of nitrogens with one attached hydrogen (secondary N) is 1. The molecule has 2 amide bonds. The van der Waals surface area contributed by atoms with Crippen molar-refractivity contribution in [1.29, 1.82) is 0 Å². The van der Waals surface area contributed by atoms with Crippen molar-refractivity contribution in [3.05, 3.63) is 24.2 Å². The van der Waals surface area contributed by atoms with E-state index in [1.54, 1.807) is 19.2 Å². The Labute approximate surface area is 117 Å². The minimum absolute atomic E-state index is 0.0254. The molecule has 110 valence electrons. The highest BCUT2D eigenvalue weighted by Crippen LogP contribution is 2.24. The summed E-state index contributed by atoms with van der Waals surface area (Å²) in [6, 6.07) is 3.19. The summed E-state index contributed by atoms with van der Waals surface area (Å²) in [6.07, 6.45) is 3.83. The molecule has 2 atom stereocenters. The Kier molecular flexibility index (Phi) is 4.79. The van der Waals surface area contributed by atoms with Gasteiger partial charge in [-0.1, -0.05) is 6.42 Å². The third kappa shape index (κ3) is 3.60. The third-order valence-corrected chi connectivity index (χ3v) is 3.64. The summed E-state index contributed by atoms with van der Waals surface area (Å²) in [5.74, 6) is -0.214. The van der Waals surface area contributed by atoms with Crippen LogP contribution in [0.4, 0.5) is 0 Å². The number of hydrogen-bond acceptors (Lipinski definition) is 4. The van der Waals surface area contributed by atoms with Gasteiger partial charge in [0.25, 0.3) is 5.91 Å². The molecule has 6 heteroatoms. The molecule has 1 aromatic heterocycles. The minimum Gasteiger partial charge on any atom is -0.459 e. The Balaban J connectivity index is 1.75. The van der Waals surface area contributed by atoms with Gasteiger partial charge >= 0.3 is 0 Å². The predicted octanol–water partition coefficient (Wildman–Crippen LogP) is 0.629. The molecule has 20 heavy (non-hydrogen) atoms. The molecule has 0 spiro atoms. The fourth-order valence-corrected chi connectivity index (χ4v) is 2.43. The highest BCUT2D eigenvalue weighted by atomic mass is 16.3. The molecule has 2 rings (SSSR count). The number of hydrogen-bond donors (Lipinski definition) is 2. The molecule has 0 aromatic carbocycles. The normalized spacial score (nSPS) is 21.7. The first kappa shape index (κ1) is 14.6. The van der Waals surface area contributed by atoms with Gasteiger partial charge in [-0.3, -0.25) is 9.59 Å². The average Bonchev–Trinajstić information content (AvgIpc) is 3.06. The smallest absolute Gasteiger partial charge is 0.289 e. The number of aliphatic hydroxyl groups excluding tert-OH is 1. The van der Waals surface area contributed by atoms with Crippen molar-refractivity contribution in [2.24, 2.45) is 5.92 Å². The molecule has 6 nitrogen and oxygen atoms in total. The van der Waals surface area contributed by atoms with Crippen LogP contribution >= 0.6 is 0 Å². The standard InChI is InChI=1S/C14H20N2O4/c1-16(14(19)12-6-3-7-20-12)9-13(18)15-8-10-4-2-5-11(10)17/h3,6-7,10-11,17H,2,4-5,8-9H2,1H3,(H,15,18). The Hall–Kier alpha value is -1.82. The highest BCUT2D eigenvalue weighted by molar-refractivity contribution is 5.94. The lowest BCUT2D eigenvalue weighted by Gasteiger charge is -2.18. The average molecular weight is 280 g/mol. The molecule has 1 aromatic rings. The van der Waals surface area contributed by atoms with Crippen LogP contribution < -0.4 is 5.32 Å². The quantitative estimate of drug-likeness (QED) is 0.828. The lowest BCUT2D eigenvalue weighted by atomic mass is 10.1. The van der Waals surface area contributed by atoms with E-state index in [0.717, 1.165) is 19.3 Å². The van der Waals surface area contributed by atoms with Crippen LogP contribution in [0.15, 0.2) is 22.8 Å². The zero-order valence-electron chi connectivity index (χ0n) is 11.5. The summed E-state index contributed by atoms with van der Waals surface area (Å²) in [6.45, 7) is 0.436. The first-order valence-corrected chi connectivity index (χ1v) is 6.81. The van der Waals surface area contributed by atoms with Crippen molar-refractivity contribution in [3.8, 4) is 0 Å². The predicted molar refractivity (Wildman–Crippen MR) is 72.0 cm³/mol. The second-order valence-electron chi connectivity index (χ2n) is 5.20. The largest absolute Gasteiger partial charge is 0.459 e. The number of aliphatic hydroxyl groups is 1. The second-order valence-corrected chi connectivity index (χ2v) is 5.20. The summed E-state index contributed by atoms with van der Waals surface area (Å²) in [7, 11) is 1.55. The van der Waals surface area contributed by atoms with Crippen molar-refractivity contribution < 1.29 is 19.1 Å². The van der Waals surface area contributed by atoms with Crippen molar-refractivity contribution in [3.63, 3.8) is 0 Å². The van der Waals surface area contributed by atoms with E-state index in [-0.39, 0.29) is 36.1 Å². The van der Waals surface area contributed by atoms with Crippen LogP contribution in [-0.4, -0.2) is 48.1 Å². The monoisotopic (exact) mass is 280 g/mol. The van der Waals surface area contributed by atoms with Crippen molar-refractivity contribution in [2.75, 3.05) is 20.1 Å². The fraction of sp³-hybridized carbons (Fsp3) is 0.571. The van der Waals surface area contributed by atoms with Crippen LogP contribution in [0.5, 0.6) is 0 Å². The molecule has 0 saturated heterocycles. The first-order valence-electron chi connectivity index (χ1n) is 6.81. The van der Waals surface area contributed by atoms with Gasteiger partial charge in [0.05, 0.1) is 18.9 Å². The van der Waals surface area contributed by atoms with Crippen LogP contribution in [0.2, 0.25) is 0 Å². The lowest BCUT2D eigenvalue weighted by Crippen LogP contribution is -2.40. The van der Waals surface area contributed by atoms with E-state index in [1.807, 2.05) is 0 Å². The first-order chi connectivity index (χ1) is 9.58. The zero-order chi connectivity index (χ0) is 14.5. The van der Waals surface area contributed by atoms with Crippen molar-refractivity contribution >= 4 is 11.8 Å². The molecular formula is C14H20N2O4. The molecule has 0 radical (unpaired) electrons. The van der Waals surface area contributed by atoms with E-state index in [0.29, 0.717) is 6.54 Å². The van der Waals surface area contributed by atoms with E-state index in [4.69, 9.17) is 4.42 Å². The number of likely N-dealkylation sites (N-methyl/N-ethyl adjacent to an activating group) is 1. The summed E-state index contributed by atoms with van der Waals surface area (Å²) < 4.78 is 5.00. The number of rotatable bonds is 5. The van der Waals surface area contributed by atoms with E-state index >= 15 is 0 Å². The van der Waals surface area contributed by atoms with Crippen LogP contribution in [0.25, 0.3) is 0 Å². The topological polar surface area (TPSA) is 82.8 Å². The Morgan fingerprint density at radius 3 is 2.90 bits per heavy atom. The number of nitrogens with zero attached hydrogens (tertiary/aromatic N) is 1. The SMILES string of the molecule is CN(CC(=O)NCC1CCCC1O)C(=O)c1ccco1. The van der Waals surface area contributed by atoms with Crippen LogP contribution in [0.1, 0.15) is 29.8 Å². The van der Waals surface area contributed by atoms with Crippen LogP contribution in [0.3, 0.4) is 0 Å². The molecule has 1 heterocycles. The second kappa shape index (κ2) is 6.56. The molecular weight excluding hydrogens is 260 g/mol. The molecule has 1 saturated carbocycles.